The molecule has 5 nitrogen and oxygen atoms in total. The Labute approximate surface area is 165 Å². The molecule has 0 N–H and O–H groups in total. The zero-order valence-electron chi connectivity index (χ0n) is 15.3. The number of benzene rings is 1. The molecule has 3 heterocycles. The lowest BCUT2D eigenvalue weighted by molar-refractivity contribution is 0.427. The molecule has 0 aliphatic rings. The molecule has 0 amide bonds. The first-order valence-corrected chi connectivity index (χ1v) is 10.4. The van der Waals surface area contributed by atoms with E-state index in [1.54, 1.807) is 11.3 Å². The van der Waals surface area contributed by atoms with E-state index in [1.165, 1.54) is 17.3 Å². The Morgan fingerprint density at radius 1 is 1.07 bits per heavy atom. The Bertz CT molecular complexity index is 1010. The smallest absolute Gasteiger partial charge is 0.277 e. The number of hydrogen-bond acceptors (Lipinski definition) is 7. The Morgan fingerprint density at radius 2 is 1.89 bits per heavy atom. The van der Waals surface area contributed by atoms with Crippen LogP contribution in [-0.4, -0.2) is 15.4 Å². The lowest BCUT2D eigenvalue weighted by Crippen LogP contribution is -2.10. The summed E-state index contributed by atoms with van der Waals surface area (Å²) in [5.41, 5.74) is 3.16. The second kappa shape index (κ2) is 7.32. The van der Waals surface area contributed by atoms with Gasteiger partial charge in [0.1, 0.15) is 0 Å². The largest absolute Gasteiger partial charge is 0.411 e. The molecule has 138 valence electrons. The molecule has 7 heteroatoms. The molecule has 0 saturated heterocycles. The van der Waals surface area contributed by atoms with E-state index >= 15 is 0 Å². The van der Waals surface area contributed by atoms with Crippen molar-refractivity contribution in [2.24, 2.45) is 0 Å². The van der Waals surface area contributed by atoms with Crippen molar-refractivity contribution in [1.82, 2.24) is 15.4 Å². The molecule has 0 saturated carbocycles. The van der Waals surface area contributed by atoms with Crippen LogP contribution in [0.25, 0.3) is 22.1 Å². The maximum absolute atomic E-state index is 5.78. The van der Waals surface area contributed by atoms with Crippen molar-refractivity contribution in [2.75, 3.05) is 0 Å². The van der Waals surface area contributed by atoms with Gasteiger partial charge in [-0.1, -0.05) is 55.9 Å². The van der Waals surface area contributed by atoms with Crippen molar-refractivity contribution < 1.29 is 8.94 Å². The first kappa shape index (κ1) is 18.0. The van der Waals surface area contributed by atoms with Gasteiger partial charge in [0.25, 0.3) is 5.22 Å². The second-order valence-corrected chi connectivity index (χ2v) is 9.02. The van der Waals surface area contributed by atoms with Gasteiger partial charge in [0, 0.05) is 17.4 Å². The maximum Gasteiger partial charge on any atom is 0.277 e. The molecule has 0 atom stereocenters. The van der Waals surface area contributed by atoms with Crippen LogP contribution in [0.1, 0.15) is 32.0 Å². The molecule has 0 unspecified atom stereocenters. The summed E-state index contributed by atoms with van der Waals surface area (Å²) in [6.07, 6.45) is 0. The number of nitrogens with zero attached hydrogens (tertiary/aromatic N) is 3. The molecule has 3 aromatic heterocycles. The van der Waals surface area contributed by atoms with E-state index < -0.39 is 0 Å². The molecular formula is C20H19N3O2S2. The van der Waals surface area contributed by atoms with Gasteiger partial charge in [-0.3, -0.25) is 0 Å². The van der Waals surface area contributed by atoms with Gasteiger partial charge in [-0.25, -0.2) is 0 Å². The summed E-state index contributed by atoms with van der Waals surface area (Å²) in [4.78, 5) is 1.07. The van der Waals surface area contributed by atoms with Crippen LogP contribution in [0.15, 0.2) is 62.0 Å². The molecule has 0 aliphatic heterocycles. The Hall–Kier alpha value is -2.38. The summed E-state index contributed by atoms with van der Waals surface area (Å²) in [5, 5.41) is 14.9. The molecule has 4 rings (SSSR count). The van der Waals surface area contributed by atoms with Crippen molar-refractivity contribution >= 4 is 23.1 Å². The summed E-state index contributed by atoms with van der Waals surface area (Å²) in [7, 11) is 0. The molecule has 0 aliphatic carbocycles. The molecule has 0 bridgehead atoms. The summed E-state index contributed by atoms with van der Waals surface area (Å²) < 4.78 is 11.2. The summed E-state index contributed by atoms with van der Waals surface area (Å²) in [5.74, 6) is 1.92. The minimum absolute atomic E-state index is 0.119. The van der Waals surface area contributed by atoms with Crippen LogP contribution in [0.3, 0.4) is 0 Å². The fourth-order valence-corrected chi connectivity index (χ4v) is 3.87. The fraction of sp³-hybridized carbons (Fsp3) is 0.250. The second-order valence-electron chi connectivity index (χ2n) is 7.15. The van der Waals surface area contributed by atoms with Gasteiger partial charge in [0.2, 0.25) is 5.89 Å². The van der Waals surface area contributed by atoms with Gasteiger partial charge in [-0.05, 0) is 34.6 Å². The minimum atomic E-state index is 0.119. The van der Waals surface area contributed by atoms with E-state index in [4.69, 9.17) is 8.94 Å². The van der Waals surface area contributed by atoms with Crippen molar-refractivity contribution in [1.29, 1.82) is 0 Å². The van der Waals surface area contributed by atoms with Gasteiger partial charge in [-0.15, -0.1) is 21.5 Å². The van der Waals surface area contributed by atoms with E-state index in [1.807, 2.05) is 35.7 Å². The standard InChI is InChI=1S/C20H19N3O2S2/c1-20(2,3)14-8-6-13(7-9-14)18-21-22-19(24-18)27-12-15-11-16(25-23-15)17-5-4-10-26-17/h4-11H,12H2,1-3H3. The van der Waals surface area contributed by atoms with E-state index in [2.05, 4.69) is 48.3 Å². The number of thiophene rings is 1. The number of aromatic nitrogens is 3. The van der Waals surface area contributed by atoms with Crippen LogP contribution in [0.2, 0.25) is 0 Å². The summed E-state index contributed by atoms with van der Waals surface area (Å²) >= 11 is 3.07. The third kappa shape index (κ3) is 4.14. The van der Waals surface area contributed by atoms with Gasteiger partial charge >= 0.3 is 0 Å². The van der Waals surface area contributed by atoms with Crippen LogP contribution in [0, 0.1) is 0 Å². The zero-order chi connectivity index (χ0) is 18.9. The first-order valence-electron chi connectivity index (χ1n) is 8.56. The van der Waals surface area contributed by atoms with Crippen LogP contribution in [0.5, 0.6) is 0 Å². The van der Waals surface area contributed by atoms with Crippen molar-refractivity contribution in [3.05, 3.63) is 59.1 Å². The average molecular weight is 398 g/mol. The Kier molecular flexibility index (Phi) is 4.88. The average Bonchev–Trinajstić information content (AvgIpc) is 3.39. The maximum atomic E-state index is 5.78. The molecule has 0 radical (unpaired) electrons. The monoisotopic (exact) mass is 397 g/mol. The lowest BCUT2D eigenvalue weighted by Gasteiger charge is -2.18. The lowest BCUT2D eigenvalue weighted by atomic mass is 9.87. The highest BCUT2D eigenvalue weighted by molar-refractivity contribution is 7.98. The van der Waals surface area contributed by atoms with Gasteiger partial charge in [0.05, 0.1) is 10.6 Å². The van der Waals surface area contributed by atoms with E-state index in [0.717, 1.165) is 21.9 Å². The number of rotatable bonds is 5. The predicted octanol–water partition coefficient (Wildman–Crippen LogP) is 6.04. The minimum Gasteiger partial charge on any atom is -0.411 e. The third-order valence-corrected chi connectivity index (χ3v) is 5.81. The topological polar surface area (TPSA) is 65.0 Å². The van der Waals surface area contributed by atoms with Gasteiger partial charge < -0.3 is 8.94 Å². The molecule has 4 aromatic rings. The third-order valence-electron chi connectivity index (χ3n) is 4.07. The summed E-state index contributed by atoms with van der Waals surface area (Å²) in [6, 6.07) is 14.2. The zero-order valence-corrected chi connectivity index (χ0v) is 16.9. The normalized spacial score (nSPS) is 11.8. The van der Waals surface area contributed by atoms with Crippen LogP contribution in [-0.2, 0) is 11.2 Å². The molecule has 1 aromatic carbocycles. The fourth-order valence-electron chi connectivity index (χ4n) is 2.55. The van der Waals surface area contributed by atoms with Crippen LogP contribution in [0.4, 0.5) is 0 Å². The predicted molar refractivity (Wildman–Crippen MR) is 108 cm³/mol. The van der Waals surface area contributed by atoms with Crippen molar-refractivity contribution in [2.45, 2.75) is 37.2 Å². The van der Waals surface area contributed by atoms with E-state index in [-0.39, 0.29) is 5.41 Å². The van der Waals surface area contributed by atoms with E-state index in [0.29, 0.717) is 16.9 Å². The quantitative estimate of drug-likeness (QED) is 0.382. The SMILES string of the molecule is CC(C)(C)c1ccc(-c2nnc(SCc3cc(-c4cccs4)on3)o2)cc1. The summed E-state index contributed by atoms with van der Waals surface area (Å²) in [6.45, 7) is 6.58. The van der Waals surface area contributed by atoms with Crippen molar-refractivity contribution in [3.63, 3.8) is 0 Å². The number of thioether (sulfide) groups is 1. The number of hydrogen-bond donors (Lipinski definition) is 0. The molecule has 0 spiro atoms. The van der Waals surface area contributed by atoms with Gasteiger partial charge in [-0.2, -0.15) is 0 Å². The molecular weight excluding hydrogens is 378 g/mol. The molecule has 27 heavy (non-hydrogen) atoms. The molecule has 0 fully saturated rings. The highest BCUT2D eigenvalue weighted by Gasteiger charge is 2.15. The Balaban J connectivity index is 1.41. The highest BCUT2D eigenvalue weighted by atomic mass is 32.2. The van der Waals surface area contributed by atoms with Crippen molar-refractivity contribution in [3.8, 4) is 22.1 Å². The van der Waals surface area contributed by atoms with Crippen LogP contribution < -0.4 is 0 Å². The first-order chi connectivity index (χ1) is 13.0. The van der Waals surface area contributed by atoms with Crippen LogP contribution >= 0.6 is 23.1 Å². The Morgan fingerprint density at radius 3 is 2.59 bits per heavy atom. The van der Waals surface area contributed by atoms with Gasteiger partial charge in [0.15, 0.2) is 5.76 Å². The highest BCUT2D eigenvalue weighted by Crippen LogP contribution is 2.30. The van der Waals surface area contributed by atoms with E-state index in [9.17, 15) is 0 Å².